The first kappa shape index (κ1) is 15.1. The molecule has 1 saturated heterocycles. The largest absolute Gasteiger partial charge is 0.490 e. The molecule has 0 radical (unpaired) electrons. The molecule has 116 valence electrons. The van der Waals surface area contributed by atoms with Crippen molar-refractivity contribution in [1.82, 2.24) is 5.32 Å². The van der Waals surface area contributed by atoms with Crippen LogP contribution in [-0.2, 0) is 11.3 Å². The van der Waals surface area contributed by atoms with Gasteiger partial charge in [-0.2, -0.15) is 0 Å². The first-order valence-corrected chi connectivity index (χ1v) is 8.23. The van der Waals surface area contributed by atoms with Crippen LogP contribution in [0.2, 0.25) is 5.02 Å². The first-order chi connectivity index (χ1) is 10.0. The third-order valence-corrected chi connectivity index (χ3v) is 4.55. The number of halogens is 1. The Kier molecular flexibility index (Phi) is 4.43. The second-order valence-electron chi connectivity index (χ2n) is 6.72. The molecule has 1 aliphatic carbocycles. The quantitative estimate of drug-likeness (QED) is 0.863. The van der Waals surface area contributed by atoms with Crippen LogP contribution in [0.1, 0.15) is 45.1 Å². The number of rotatable bonds is 6. The lowest BCUT2D eigenvalue weighted by atomic mass is 10.1. The summed E-state index contributed by atoms with van der Waals surface area (Å²) in [6.07, 6.45) is 4.87. The highest BCUT2D eigenvalue weighted by atomic mass is 35.5. The van der Waals surface area contributed by atoms with E-state index >= 15 is 0 Å². The monoisotopic (exact) mass is 309 g/mol. The fraction of sp³-hybridized carbons (Fsp3) is 0.647. The molecule has 1 aromatic carbocycles. The molecule has 0 bridgehead atoms. The van der Waals surface area contributed by atoms with Crippen molar-refractivity contribution in [3.63, 3.8) is 0 Å². The Balaban J connectivity index is 1.60. The van der Waals surface area contributed by atoms with Crippen LogP contribution in [0, 0.1) is 0 Å². The summed E-state index contributed by atoms with van der Waals surface area (Å²) >= 11 is 6.32. The van der Waals surface area contributed by atoms with Gasteiger partial charge in [0.1, 0.15) is 12.4 Å². The molecule has 1 saturated carbocycles. The van der Waals surface area contributed by atoms with Gasteiger partial charge in [-0.25, -0.2) is 0 Å². The van der Waals surface area contributed by atoms with Gasteiger partial charge in [0.15, 0.2) is 0 Å². The van der Waals surface area contributed by atoms with E-state index in [1.165, 1.54) is 12.8 Å². The molecule has 0 spiro atoms. The minimum atomic E-state index is -0.0152. The second kappa shape index (κ2) is 6.15. The van der Waals surface area contributed by atoms with Gasteiger partial charge in [0.25, 0.3) is 0 Å². The van der Waals surface area contributed by atoms with Gasteiger partial charge in [0.2, 0.25) is 0 Å². The third kappa shape index (κ3) is 4.12. The highest BCUT2D eigenvalue weighted by Crippen LogP contribution is 2.32. The molecular formula is C17H24ClNO2. The van der Waals surface area contributed by atoms with Gasteiger partial charge in [-0.3, -0.25) is 0 Å². The fourth-order valence-electron chi connectivity index (χ4n) is 2.76. The van der Waals surface area contributed by atoms with Gasteiger partial charge in [-0.05, 0) is 51.7 Å². The van der Waals surface area contributed by atoms with E-state index in [2.05, 4.69) is 19.2 Å². The van der Waals surface area contributed by atoms with Crippen molar-refractivity contribution in [1.29, 1.82) is 0 Å². The zero-order chi connectivity index (χ0) is 14.9. The van der Waals surface area contributed by atoms with E-state index in [9.17, 15) is 0 Å². The van der Waals surface area contributed by atoms with Crippen molar-refractivity contribution in [3.05, 3.63) is 28.8 Å². The van der Waals surface area contributed by atoms with Crippen molar-refractivity contribution in [2.24, 2.45) is 0 Å². The van der Waals surface area contributed by atoms with E-state index < -0.39 is 0 Å². The molecule has 2 aliphatic rings. The summed E-state index contributed by atoms with van der Waals surface area (Å²) in [5.41, 5.74) is 1.04. The predicted octanol–water partition coefficient (Wildman–Crippen LogP) is 3.93. The number of hydrogen-bond donors (Lipinski definition) is 1. The van der Waals surface area contributed by atoms with Crippen LogP contribution in [0.25, 0.3) is 0 Å². The molecule has 1 N–H and O–H groups in total. The molecule has 4 heteroatoms. The first-order valence-electron chi connectivity index (χ1n) is 7.85. The van der Waals surface area contributed by atoms with Crippen molar-refractivity contribution >= 4 is 11.6 Å². The standard InChI is InChI=1S/C17H24ClNO2/c1-17(2)9-8-13(21-17)11-20-16-5-3-4-15(18)14(16)10-19-12-6-7-12/h3-5,12-13,19H,6-11H2,1-2H3. The summed E-state index contributed by atoms with van der Waals surface area (Å²) in [5.74, 6) is 0.879. The lowest BCUT2D eigenvalue weighted by molar-refractivity contribution is -0.0327. The van der Waals surface area contributed by atoms with Crippen LogP contribution in [0.15, 0.2) is 18.2 Å². The zero-order valence-corrected chi connectivity index (χ0v) is 13.6. The Labute approximate surface area is 132 Å². The summed E-state index contributed by atoms with van der Waals surface area (Å²) in [4.78, 5) is 0. The van der Waals surface area contributed by atoms with Crippen LogP contribution in [0.4, 0.5) is 0 Å². The van der Waals surface area contributed by atoms with E-state index in [0.717, 1.165) is 35.7 Å². The normalized spacial score (nSPS) is 24.2. The van der Waals surface area contributed by atoms with Gasteiger partial charge >= 0.3 is 0 Å². The molecule has 21 heavy (non-hydrogen) atoms. The molecule has 1 atom stereocenters. The van der Waals surface area contributed by atoms with Crippen molar-refractivity contribution < 1.29 is 9.47 Å². The topological polar surface area (TPSA) is 30.5 Å². The fourth-order valence-corrected chi connectivity index (χ4v) is 2.99. The Bertz CT molecular complexity index is 500. The lowest BCUT2D eigenvalue weighted by Crippen LogP contribution is -2.24. The molecule has 1 aliphatic heterocycles. The second-order valence-corrected chi connectivity index (χ2v) is 7.13. The van der Waals surface area contributed by atoms with Gasteiger partial charge in [0.05, 0.1) is 11.7 Å². The molecule has 2 fully saturated rings. The Morgan fingerprint density at radius 3 is 2.81 bits per heavy atom. The number of ether oxygens (including phenoxy) is 2. The Hall–Kier alpha value is -0.770. The smallest absolute Gasteiger partial charge is 0.125 e. The molecule has 0 aromatic heterocycles. The molecule has 3 rings (SSSR count). The highest BCUT2D eigenvalue weighted by molar-refractivity contribution is 6.31. The maximum atomic E-state index is 6.32. The number of hydrogen-bond acceptors (Lipinski definition) is 3. The third-order valence-electron chi connectivity index (χ3n) is 4.20. The lowest BCUT2D eigenvalue weighted by Gasteiger charge is -2.20. The van der Waals surface area contributed by atoms with Gasteiger partial charge in [-0.1, -0.05) is 17.7 Å². The maximum absolute atomic E-state index is 6.32. The number of benzene rings is 1. The van der Waals surface area contributed by atoms with E-state index in [1.54, 1.807) is 0 Å². The van der Waals surface area contributed by atoms with Gasteiger partial charge in [0, 0.05) is 23.2 Å². The van der Waals surface area contributed by atoms with Crippen molar-refractivity contribution in [2.75, 3.05) is 6.61 Å². The summed E-state index contributed by atoms with van der Waals surface area (Å²) < 4.78 is 12.0. The molecule has 1 unspecified atom stereocenters. The SMILES string of the molecule is CC1(C)CCC(COc2cccc(Cl)c2CNC2CC2)O1. The van der Waals surface area contributed by atoms with Gasteiger partial charge in [-0.15, -0.1) is 0 Å². The molecular weight excluding hydrogens is 286 g/mol. The average Bonchev–Trinajstić information content (AvgIpc) is 3.19. The maximum Gasteiger partial charge on any atom is 0.125 e. The van der Waals surface area contributed by atoms with E-state index in [4.69, 9.17) is 21.1 Å². The summed E-state index contributed by atoms with van der Waals surface area (Å²) in [7, 11) is 0. The van der Waals surface area contributed by atoms with Crippen LogP contribution in [0.3, 0.4) is 0 Å². The Morgan fingerprint density at radius 2 is 2.14 bits per heavy atom. The summed E-state index contributed by atoms with van der Waals surface area (Å²) in [6, 6.07) is 6.52. The van der Waals surface area contributed by atoms with Crippen molar-refractivity contribution in [3.8, 4) is 5.75 Å². The minimum Gasteiger partial charge on any atom is -0.490 e. The Morgan fingerprint density at radius 1 is 1.33 bits per heavy atom. The predicted molar refractivity (Wildman–Crippen MR) is 85.0 cm³/mol. The minimum absolute atomic E-state index is 0.0152. The van der Waals surface area contributed by atoms with E-state index in [0.29, 0.717) is 12.6 Å². The number of nitrogens with one attached hydrogen (secondary N) is 1. The van der Waals surface area contributed by atoms with Gasteiger partial charge < -0.3 is 14.8 Å². The zero-order valence-electron chi connectivity index (χ0n) is 12.8. The molecule has 1 aromatic rings. The van der Waals surface area contributed by atoms with E-state index in [-0.39, 0.29) is 11.7 Å². The van der Waals surface area contributed by atoms with E-state index in [1.807, 2.05) is 18.2 Å². The molecule has 3 nitrogen and oxygen atoms in total. The summed E-state index contributed by atoms with van der Waals surface area (Å²) in [6.45, 7) is 5.64. The van der Waals surface area contributed by atoms with Crippen LogP contribution in [0.5, 0.6) is 5.75 Å². The van der Waals surface area contributed by atoms with Crippen LogP contribution >= 0.6 is 11.6 Å². The highest BCUT2D eigenvalue weighted by Gasteiger charge is 2.32. The average molecular weight is 310 g/mol. The van der Waals surface area contributed by atoms with Crippen molar-refractivity contribution in [2.45, 2.75) is 63.8 Å². The van der Waals surface area contributed by atoms with Crippen LogP contribution in [-0.4, -0.2) is 24.4 Å². The molecule has 1 heterocycles. The van der Waals surface area contributed by atoms with Crippen LogP contribution < -0.4 is 10.1 Å². The molecule has 0 amide bonds. The summed E-state index contributed by atoms with van der Waals surface area (Å²) in [5, 5.41) is 4.27.